The molecule has 2 rings (SSSR count). The fraction of sp³-hybridized carbons (Fsp3) is 0.625. The molecule has 25 heavy (non-hydrogen) atoms. The van der Waals surface area contributed by atoms with Crippen molar-refractivity contribution in [1.29, 1.82) is 0 Å². The van der Waals surface area contributed by atoms with E-state index in [0.29, 0.717) is 22.4 Å². The summed E-state index contributed by atoms with van der Waals surface area (Å²) in [7, 11) is 0. The molecule has 1 aliphatic heterocycles. The Labute approximate surface area is 167 Å². The number of nitrogens with one attached hydrogen (secondary N) is 1. The average molecular weight is 468 g/mol. The molecule has 0 bridgehead atoms. The molecule has 146 valence electrons. The van der Waals surface area contributed by atoms with Gasteiger partial charge in [-0.05, 0) is 24.5 Å². The summed E-state index contributed by atoms with van der Waals surface area (Å²) < 4.78 is 39.9. The highest BCUT2D eigenvalue weighted by Gasteiger charge is 2.37. The van der Waals surface area contributed by atoms with Crippen LogP contribution in [-0.4, -0.2) is 36.2 Å². The Kier molecular flexibility index (Phi) is 10.1. The zero-order valence-corrected chi connectivity index (χ0v) is 17.3. The lowest BCUT2D eigenvalue weighted by Crippen LogP contribution is -2.45. The van der Waals surface area contributed by atoms with Crippen LogP contribution in [0.1, 0.15) is 37.4 Å². The van der Waals surface area contributed by atoms with Crippen LogP contribution in [0.25, 0.3) is 0 Å². The number of hydrogen-bond donors (Lipinski definition) is 2. The van der Waals surface area contributed by atoms with Crippen molar-refractivity contribution < 1.29 is 18.3 Å². The molecule has 1 aromatic rings. The SMILES string of the molecule is CC(C)C[C@@H](c1cc(Br)cc(C(F)(F)F)c1O)N1CCNCC1.Cl.Cl. The molecule has 0 unspecified atom stereocenters. The molecular weight excluding hydrogens is 444 g/mol. The van der Waals surface area contributed by atoms with Crippen LogP contribution in [0, 0.1) is 5.92 Å². The van der Waals surface area contributed by atoms with Gasteiger partial charge in [-0.15, -0.1) is 24.8 Å². The molecule has 3 nitrogen and oxygen atoms in total. The van der Waals surface area contributed by atoms with E-state index in [1.165, 1.54) is 0 Å². The zero-order chi connectivity index (χ0) is 17.2. The molecule has 9 heteroatoms. The first kappa shape index (κ1) is 24.8. The lowest BCUT2D eigenvalue weighted by molar-refractivity contribution is -0.138. The quantitative estimate of drug-likeness (QED) is 0.653. The highest BCUT2D eigenvalue weighted by atomic mass is 79.9. The van der Waals surface area contributed by atoms with Gasteiger partial charge in [0.1, 0.15) is 5.75 Å². The van der Waals surface area contributed by atoms with E-state index in [4.69, 9.17) is 0 Å². The van der Waals surface area contributed by atoms with Crippen molar-refractivity contribution >= 4 is 40.7 Å². The first-order valence-corrected chi connectivity index (χ1v) is 8.53. The number of piperazine rings is 1. The van der Waals surface area contributed by atoms with Crippen LogP contribution < -0.4 is 5.32 Å². The van der Waals surface area contributed by atoms with Gasteiger partial charge >= 0.3 is 6.18 Å². The highest BCUT2D eigenvalue weighted by molar-refractivity contribution is 9.10. The topological polar surface area (TPSA) is 35.5 Å². The summed E-state index contributed by atoms with van der Waals surface area (Å²) in [5.41, 5.74) is -0.631. The van der Waals surface area contributed by atoms with Crippen molar-refractivity contribution in [1.82, 2.24) is 10.2 Å². The van der Waals surface area contributed by atoms with Gasteiger partial charge in [0.05, 0.1) is 5.56 Å². The van der Waals surface area contributed by atoms with Crippen LogP contribution in [0.3, 0.4) is 0 Å². The molecule has 1 aliphatic rings. The van der Waals surface area contributed by atoms with E-state index >= 15 is 0 Å². The minimum absolute atomic E-state index is 0. The molecule has 1 fully saturated rings. The largest absolute Gasteiger partial charge is 0.507 e. The maximum Gasteiger partial charge on any atom is 0.420 e. The van der Waals surface area contributed by atoms with Crippen LogP contribution >= 0.6 is 40.7 Å². The third kappa shape index (κ3) is 6.47. The molecule has 1 heterocycles. The van der Waals surface area contributed by atoms with Gasteiger partial charge in [-0.2, -0.15) is 13.2 Å². The third-order valence-corrected chi connectivity index (χ3v) is 4.51. The standard InChI is InChI=1S/C16H22BrF3N2O.2ClH/c1-10(2)7-14(22-5-3-21-4-6-22)12-8-11(17)9-13(15(12)23)16(18,19)20;;/h8-10,14,21,23H,3-7H2,1-2H3;2*1H/t14-;;/m0../s1. The zero-order valence-electron chi connectivity index (χ0n) is 14.1. The minimum Gasteiger partial charge on any atom is -0.507 e. The Morgan fingerprint density at radius 2 is 1.76 bits per heavy atom. The van der Waals surface area contributed by atoms with Crippen LogP contribution in [0.5, 0.6) is 5.75 Å². The van der Waals surface area contributed by atoms with Crippen molar-refractivity contribution in [2.45, 2.75) is 32.5 Å². The molecular formula is C16H24BrCl2F3N2O. The van der Waals surface area contributed by atoms with E-state index in [9.17, 15) is 18.3 Å². The Bertz CT molecular complexity index is 553. The van der Waals surface area contributed by atoms with Gasteiger partial charge in [0.25, 0.3) is 0 Å². The lowest BCUT2D eigenvalue weighted by atomic mass is 9.92. The number of nitrogens with zero attached hydrogens (tertiary/aromatic N) is 1. The van der Waals surface area contributed by atoms with Crippen LogP contribution in [0.2, 0.25) is 0 Å². The van der Waals surface area contributed by atoms with E-state index in [1.54, 1.807) is 6.07 Å². The second kappa shape index (κ2) is 10.2. The Morgan fingerprint density at radius 1 is 1.20 bits per heavy atom. The highest BCUT2D eigenvalue weighted by Crippen LogP contribution is 2.43. The number of hydrogen-bond acceptors (Lipinski definition) is 3. The Hall–Kier alpha value is -0.210. The number of aromatic hydroxyl groups is 1. The molecule has 0 spiro atoms. The van der Waals surface area contributed by atoms with E-state index in [1.807, 2.05) is 13.8 Å². The van der Waals surface area contributed by atoms with E-state index in [-0.39, 0.29) is 30.9 Å². The Morgan fingerprint density at radius 3 is 2.24 bits per heavy atom. The van der Waals surface area contributed by atoms with Crippen LogP contribution in [-0.2, 0) is 6.18 Å². The minimum atomic E-state index is -4.57. The van der Waals surface area contributed by atoms with Gasteiger partial charge in [0.15, 0.2) is 0 Å². The van der Waals surface area contributed by atoms with Crippen molar-refractivity contribution in [2.75, 3.05) is 26.2 Å². The fourth-order valence-electron chi connectivity index (χ4n) is 3.00. The maximum absolute atomic E-state index is 13.2. The Balaban J connectivity index is 0.00000288. The average Bonchev–Trinajstić information content (AvgIpc) is 2.46. The third-order valence-electron chi connectivity index (χ3n) is 4.06. The first-order chi connectivity index (χ1) is 10.7. The van der Waals surface area contributed by atoms with Gasteiger partial charge in [0, 0.05) is 42.3 Å². The molecule has 0 amide bonds. The molecule has 1 aromatic carbocycles. The van der Waals surface area contributed by atoms with Gasteiger partial charge in [-0.3, -0.25) is 4.90 Å². The molecule has 2 N–H and O–H groups in total. The van der Waals surface area contributed by atoms with Crippen LogP contribution in [0.4, 0.5) is 13.2 Å². The second-order valence-corrected chi connectivity index (χ2v) is 7.24. The van der Waals surface area contributed by atoms with E-state index in [0.717, 1.165) is 32.2 Å². The van der Waals surface area contributed by atoms with Gasteiger partial charge in [0.2, 0.25) is 0 Å². The molecule has 0 aliphatic carbocycles. The van der Waals surface area contributed by atoms with Crippen molar-refractivity contribution in [3.63, 3.8) is 0 Å². The summed E-state index contributed by atoms with van der Waals surface area (Å²) >= 11 is 3.16. The summed E-state index contributed by atoms with van der Waals surface area (Å²) in [6.07, 6.45) is -3.88. The number of halogens is 6. The lowest BCUT2D eigenvalue weighted by Gasteiger charge is -2.36. The molecule has 0 radical (unpaired) electrons. The number of rotatable bonds is 4. The second-order valence-electron chi connectivity index (χ2n) is 6.32. The summed E-state index contributed by atoms with van der Waals surface area (Å²) in [4.78, 5) is 2.15. The maximum atomic E-state index is 13.2. The van der Waals surface area contributed by atoms with Gasteiger partial charge in [-0.1, -0.05) is 29.8 Å². The summed E-state index contributed by atoms with van der Waals surface area (Å²) in [6.45, 7) is 7.18. The van der Waals surface area contributed by atoms with Crippen molar-refractivity contribution in [2.24, 2.45) is 5.92 Å². The summed E-state index contributed by atoms with van der Waals surface area (Å²) in [5.74, 6) is -0.340. The monoisotopic (exact) mass is 466 g/mol. The normalized spacial score (nSPS) is 16.9. The van der Waals surface area contributed by atoms with E-state index < -0.39 is 17.5 Å². The fourth-order valence-corrected chi connectivity index (χ4v) is 3.48. The van der Waals surface area contributed by atoms with E-state index in [2.05, 4.69) is 26.1 Å². The first-order valence-electron chi connectivity index (χ1n) is 7.74. The van der Waals surface area contributed by atoms with Crippen molar-refractivity contribution in [3.8, 4) is 5.75 Å². The number of benzene rings is 1. The smallest absolute Gasteiger partial charge is 0.420 e. The molecule has 1 atom stereocenters. The molecule has 0 aromatic heterocycles. The van der Waals surface area contributed by atoms with Gasteiger partial charge < -0.3 is 10.4 Å². The van der Waals surface area contributed by atoms with Crippen molar-refractivity contribution in [3.05, 3.63) is 27.7 Å². The molecule has 1 saturated heterocycles. The predicted octanol–water partition coefficient (Wildman–Crippen LogP) is 5.01. The number of phenols is 1. The summed E-state index contributed by atoms with van der Waals surface area (Å²) in [6, 6.07) is 2.32. The number of phenolic OH excluding ortho intramolecular Hbond substituents is 1. The number of alkyl halides is 3. The predicted molar refractivity (Wildman–Crippen MR) is 102 cm³/mol. The van der Waals surface area contributed by atoms with Gasteiger partial charge in [-0.25, -0.2) is 0 Å². The molecule has 0 saturated carbocycles. The summed E-state index contributed by atoms with van der Waals surface area (Å²) in [5, 5.41) is 13.5. The van der Waals surface area contributed by atoms with Crippen LogP contribution in [0.15, 0.2) is 16.6 Å².